The summed E-state index contributed by atoms with van der Waals surface area (Å²) >= 11 is 0. The van der Waals surface area contributed by atoms with Crippen molar-refractivity contribution in [2.24, 2.45) is 0 Å². The second kappa shape index (κ2) is 6.91. The Morgan fingerprint density at radius 1 is 1.10 bits per heavy atom. The molecule has 0 bridgehead atoms. The van der Waals surface area contributed by atoms with Gasteiger partial charge in [-0.15, -0.1) is 0 Å². The molecule has 0 unspecified atom stereocenters. The lowest BCUT2D eigenvalue weighted by atomic mass is 10.1. The van der Waals surface area contributed by atoms with Crippen molar-refractivity contribution in [3.63, 3.8) is 0 Å². The van der Waals surface area contributed by atoms with Crippen LogP contribution in [0.1, 0.15) is 37.3 Å². The van der Waals surface area contributed by atoms with E-state index in [1.807, 2.05) is 56.3 Å². The van der Waals surface area contributed by atoms with Gasteiger partial charge in [0, 0.05) is 0 Å². The quantitative estimate of drug-likeness (QED) is 0.850. The topological polar surface area (TPSA) is 54.3 Å². The molecule has 2 atom stereocenters. The van der Waals surface area contributed by atoms with Gasteiger partial charge in [-0.25, -0.2) is 0 Å². The maximum Gasteiger partial charge on any atom is 0.234 e. The fourth-order valence-electron chi connectivity index (χ4n) is 2.00. The maximum absolute atomic E-state index is 11.9. The summed E-state index contributed by atoms with van der Waals surface area (Å²) in [6.45, 7) is 4.20. The molecule has 0 saturated heterocycles. The lowest BCUT2D eigenvalue weighted by Gasteiger charge is -2.16. The monoisotopic (exact) mass is 272 g/mol. The first-order valence-electron chi connectivity index (χ1n) is 6.78. The highest BCUT2D eigenvalue weighted by molar-refractivity contribution is 5.78. The second-order valence-electron chi connectivity index (χ2n) is 4.82. The van der Waals surface area contributed by atoms with E-state index in [-0.39, 0.29) is 24.5 Å². The molecule has 0 fully saturated rings. The number of hydrogen-bond donors (Lipinski definition) is 2. The summed E-state index contributed by atoms with van der Waals surface area (Å²) in [5.74, 6) is 0.800. The first kappa shape index (κ1) is 14.3. The van der Waals surface area contributed by atoms with Gasteiger partial charge in [-0.1, -0.05) is 30.3 Å². The van der Waals surface area contributed by atoms with E-state index in [1.165, 1.54) is 0 Å². The van der Waals surface area contributed by atoms with Crippen LogP contribution >= 0.6 is 0 Å². The SMILES string of the molecule is C[C@H](NC(=O)CN[C@@H](C)c1ccco1)c1ccccc1. The van der Waals surface area contributed by atoms with Crippen LogP contribution in [0, 0.1) is 0 Å². The van der Waals surface area contributed by atoms with Gasteiger partial charge in [-0.05, 0) is 31.5 Å². The molecule has 106 valence electrons. The van der Waals surface area contributed by atoms with E-state index in [4.69, 9.17) is 4.42 Å². The summed E-state index contributed by atoms with van der Waals surface area (Å²) in [7, 11) is 0. The number of carbonyl (C=O) groups excluding carboxylic acids is 1. The highest BCUT2D eigenvalue weighted by atomic mass is 16.3. The Hall–Kier alpha value is -2.07. The van der Waals surface area contributed by atoms with Crippen molar-refractivity contribution < 1.29 is 9.21 Å². The third kappa shape index (κ3) is 3.96. The van der Waals surface area contributed by atoms with Crippen LogP contribution in [-0.4, -0.2) is 12.5 Å². The van der Waals surface area contributed by atoms with Crippen molar-refractivity contribution in [1.82, 2.24) is 10.6 Å². The van der Waals surface area contributed by atoms with E-state index >= 15 is 0 Å². The van der Waals surface area contributed by atoms with Gasteiger partial charge in [0.15, 0.2) is 0 Å². The summed E-state index contributed by atoms with van der Waals surface area (Å²) in [5, 5.41) is 6.10. The van der Waals surface area contributed by atoms with Crippen LogP contribution in [0.2, 0.25) is 0 Å². The molecule has 4 heteroatoms. The smallest absolute Gasteiger partial charge is 0.234 e. The molecular formula is C16H20N2O2. The fraction of sp³-hybridized carbons (Fsp3) is 0.312. The third-order valence-corrected chi connectivity index (χ3v) is 3.22. The van der Waals surface area contributed by atoms with Gasteiger partial charge in [0.25, 0.3) is 0 Å². The Morgan fingerprint density at radius 2 is 1.85 bits per heavy atom. The number of carbonyl (C=O) groups is 1. The number of amides is 1. The molecule has 1 heterocycles. The molecule has 1 amide bonds. The minimum atomic E-state index is -0.0280. The lowest BCUT2D eigenvalue weighted by molar-refractivity contribution is -0.121. The molecule has 0 aliphatic rings. The number of benzene rings is 1. The van der Waals surface area contributed by atoms with Gasteiger partial charge in [0.05, 0.1) is 24.9 Å². The summed E-state index contributed by atoms with van der Waals surface area (Å²) < 4.78 is 5.28. The normalized spacial score (nSPS) is 13.7. The van der Waals surface area contributed by atoms with Crippen LogP contribution in [-0.2, 0) is 4.79 Å². The Bertz CT molecular complexity index is 523. The van der Waals surface area contributed by atoms with Crippen LogP contribution in [0.5, 0.6) is 0 Å². The van der Waals surface area contributed by atoms with E-state index in [1.54, 1.807) is 6.26 Å². The minimum absolute atomic E-state index is 0.00409. The van der Waals surface area contributed by atoms with E-state index in [0.29, 0.717) is 0 Å². The zero-order chi connectivity index (χ0) is 14.4. The van der Waals surface area contributed by atoms with Crippen molar-refractivity contribution in [3.05, 3.63) is 60.1 Å². The molecule has 0 aliphatic carbocycles. The number of hydrogen-bond acceptors (Lipinski definition) is 3. The third-order valence-electron chi connectivity index (χ3n) is 3.22. The molecular weight excluding hydrogens is 252 g/mol. The number of furan rings is 1. The molecule has 4 nitrogen and oxygen atoms in total. The summed E-state index contributed by atoms with van der Waals surface area (Å²) in [6, 6.07) is 13.7. The summed E-state index contributed by atoms with van der Waals surface area (Å²) in [6.07, 6.45) is 1.63. The molecule has 0 spiro atoms. The van der Waals surface area contributed by atoms with Crippen molar-refractivity contribution in [2.75, 3.05) is 6.54 Å². The highest BCUT2D eigenvalue weighted by Crippen LogP contribution is 2.12. The molecule has 20 heavy (non-hydrogen) atoms. The molecule has 0 radical (unpaired) electrons. The molecule has 0 aliphatic heterocycles. The van der Waals surface area contributed by atoms with Gasteiger partial charge < -0.3 is 9.73 Å². The van der Waals surface area contributed by atoms with E-state index < -0.39 is 0 Å². The Morgan fingerprint density at radius 3 is 2.50 bits per heavy atom. The summed E-state index contributed by atoms with van der Waals surface area (Å²) in [5.41, 5.74) is 1.10. The molecule has 0 saturated carbocycles. The van der Waals surface area contributed by atoms with Crippen LogP contribution in [0.3, 0.4) is 0 Å². The van der Waals surface area contributed by atoms with Gasteiger partial charge in [-0.2, -0.15) is 0 Å². The average molecular weight is 272 g/mol. The van der Waals surface area contributed by atoms with E-state index in [2.05, 4.69) is 10.6 Å². The van der Waals surface area contributed by atoms with Crippen LogP contribution < -0.4 is 10.6 Å². The molecule has 1 aromatic heterocycles. The molecule has 2 N–H and O–H groups in total. The van der Waals surface area contributed by atoms with Crippen molar-refractivity contribution in [1.29, 1.82) is 0 Å². The van der Waals surface area contributed by atoms with Gasteiger partial charge in [-0.3, -0.25) is 10.1 Å². The van der Waals surface area contributed by atoms with Crippen molar-refractivity contribution in [2.45, 2.75) is 25.9 Å². The predicted molar refractivity (Wildman–Crippen MR) is 78.1 cm³/mol. The first-order valence-corrected chi connectivity index (χ1v) is 6.78. The summed E-state index contributed by atoms with van der Waals surface area (Å²) in [4.78, 5) is 11.9. The zero-order valence-corrected chi connectivity index (χ0v) is 11.8. The number of nitrogens with one attached hydrogen (secondary N) is 2. The largest absolute Gasteiger partial charge is 0.468 e. The lowest BCUT2D eigenvalue weighted by Crippen LogP contribution is -2.36. The highest BCUT2D eigenvalue weighted by Gasteiger charge is 2.12. The maximum atomic E-state index is 11.9. The first-order chi connectivity index (χ1) is 9.66. The van der Waals surface area contributed by atoms with Crippen LogP contribution in [0.4, 0.5) is 0 Å². The van der Waals surface area contributed by atoms with Crippen molar-refractivity contribution in [3.8, 4) is 0 Å². The Balaban J connectivity index is 1.78. The predicted octanol–water partition coefficient (Wildman–Crippen LogP) is 2.81. The van der Waals surface area contributed by atoms with Gasteiger partial charge in [0.2, 0.25) is 5.91 Å². The molecule has 1 aromatic carbocycles. The fourth-order valence-corrected chi connectivity index (χ4v) is 2.00. The second-order valence-corrected chi connectivity index (χ2v) is 4.82. The average Bonchev–Trinajstić information content (AvgIpc) is 3.00. The van der Waals surface area contributed by atoms with Crippen LogP contribution in [0.25, 0.3) is 0 Å². The van der Waals surface area contributed by atoms with Crippen LogP contribution in [0.15, 0.2) is 53.1 Å². The molecule has 2 aromatic rings. The van der Waals surface area contributed by atoms with Gasteiger partial charge >= 0.3 is 0 Å². The van der Waals surface area contributed by atoms with Crippen molar-refractivity contribution >= 4 is 5.91 Å². The molecule has 2 rings (SSSR count). The number of rotatable bonds is 6. The zero-order valence-electron chi connectivity index (χ0n) is 11.8. The Labute approximate surface area is 119 Å². The standard InChI is InChI=1S/C16H20N2O2/c1-12(14-7-4-3-5-8-14)18-16(19)11-17-13(2)15-9-6-10-20-15/h3-10,12-13,17H,11H2,1-2H3,(H,18,19)/t12-,13-/m0/s1. The van der Waals surface area contributed by atoms with E-state index in [9.17, 15) is 4.79 Å². The Kier molecular flexibility index (Phi) is 4.96. The minimum Gasteiger partial charge on any atom is -0.468 e. The van der Waals surface area contributed by atoms with E-state index in [0.717, 1.165) is 11.3 Å². The van der Waals surface area contributed by atoms with Gasteiger partial charge in [0.1, 0.15) is 5.76 Å².